The van der Waals surface area contributed by atoms with Crippen LogP contribution in [0.2, 0.25) is 0 Å². The fourth-order valence-electron chi connectivity index (χ4n) is 3.48. The molecular formula is C16H21NO4. The third kappa shape index (κ3) is 1.78. The zero-order chi connectivity index (χ0) is 14.9. The summed E-state index contributed by atoms with van der Waals surface area (Å²) in [6.45, 7) is 8.04. The van der Waals surface area contributed by atoms with E-state index in [1.807, 2.05) is 25.1 Å². The second-order valence-corrected chi connectivity index (χ2v) is 6.95. The highest BCUT2D eigenvalue weighted by atomic mass is 16.6. The largest absolute Gasteiger partial charge is 0.508 e. The maximum atomic E-state index is 10.5. The van der Waals surface area contributed by atoms with Gasteiger partial charge in [-0.2, -0.15) is 0 Å². The molecule has 1 aromatic rings. The number of rotatable bonds is 5. The molecule has 3 saturated heterocycles. The lowest BCUT2D eigenvalue weighted by molar-refractivity contribution is 0.0338. The molecule has 3 aliphatic heterocycles. The summed E-state index contributed by atoms with van der Waals surface area (Å²) in [5.74, 6) is 0.253. The average Bonchev–Trinajstić information content (AvgIpc) is 3.33. The summed E-state index contributed by atoms with van der Waals surface area (Å²) in [4.78, 5) is 0. The quantitative estimate of drug-likeness (QED) is 0.805. The van der Waals surface area contributed by atoms with Gasteiger partial charge in [-0.25, -0.2) is 0 Å². The van der Waals surface area contributed by atoms with Gasteiger partial charge in [-0.05, 0) is 26.8 Å². The van der Waals surface area contributed by atoms with Crippen LogP contribution in [0.4, 0.5) is 0 Å². The lowest BCUT2D eigenvalue weighted by atomic mass is 9.69. The summed E-state index contributed by atoms with van der Waals surface area (Å²) >= 11 is 0. The Morgan fingerprint density at radius 1 is 1.00 bits per heavy atom. The van der Waals surface area contributed by atoms with Gasteiger partial charge in [0.05, 0.1) is 19.8 Å². The van der Waals surface area contributed by atoms with Gasteiger partial charge in [-0.15, -0.1) is 0 Å². The van der Waals surface area contributed by atoms with Crippen molar-refractivity contribution >= 4 is 0 Å². The molecule has 0 spiro atoms. The highest BCUT2D eigenvalue weighted by Crippen LogP contribution is 2.59. The van der Waals surface area contributed by atoms with E-state index < -0.39 is 22.5 Å². The molecule has 2 N–H and O–H groups in total. The molecule has 0 amide bonds. The molecule has 0 saturated carbocycles. The van der Waals surface area contributed by atoms with E-state index in [1.54, 1.807) is 6.07 Å². The molecular weight excluding hydrogens is 270 g/mol. The van der Waals surface area contributed by atoms with Crippen molar-refractivity contribution in [3.05, 3.63) is 29.8 Å². The lowest BCUT2D eigenvalue weighted by Gasteiger charge is -2.44. The number of hydrogen-bond acceptors (Lipinski definition) is 5. The molecule has 3 atom stereocenters. The van der Waals surface area contributed by atoms with Crippen molar-refractivity contribution in [3.63, 3.8) is 0 Å². The van der Waals surface area contributed by atoms with Gasteiger partial charge in [-0.3, -0.25) is 5.32 Å². The zero-order valence-corrected chi connectivity index (χ0v) is 12.6. The van der Waals surface area contributed by atoms with Crippen molar-refractivity contribution < 1.29 is 19.3 Å². The first-order chi connectivity index (χ1) is 9.84. The Morgan fingerprint density at radius 2 is 1.52 bits per heavy atom. The molecule has 0 bridgehead atoms. The van der Waals surface area contributed by atoms with Crippen LogP contribution in [0.15, 0.2) is 24.3 Å². The summed E-state index contributed by atoms with van der Waals surface area (Å²) in [6, 6.07) is 7.40. The highest BCUT2D eigenvalue weighted by Gasteiger charge is 2.75. The van der Waals surface area contributed by atoms with Gasteiger partial charge >= 0.3 is 0 Å². The van der Waals surface area contributed by atoms with Crippen molar-refractivity contribution in [3.8, 4) is 5.75 Å². The summed E-state index contributed by atoms with van der Waals surface area (Å²) in [6.07, 6.45) is 0. The Kier molecular flexibility index (Phi) is 2.44. The Morgan fingerprint density at radius 3 is 1.95 bits per heavy atom. The van der Waals surface area contributed by atoms with Gasteiger partial charge in [0.15, 0.2) is 0 Å². The van der Waals surface area contributed by atoms with Crippen LogP contribution in [-0.2, 0) is 19.7 Å². The molecule has 114 valence electrons. The number of benzene rings is 1. The molecule has 21 heavy (non-hydrogen) atoms. The van der Waals surface area contributed by atoms with E-state index in [0.29, 0.717) is 19.8 Å². The van der Waals surface area contributed by atoms with Gasteiger partial charge < -0.3 is 19.3 Å². The normalized spacial score (nSPS) is 43.2. The van der Waals surface area contributed by atoms with Crippen LogP contribution in [0.25, 0.3) is 0 Å². The number of aromatic hydroxyl groups is 1. The Bertz CT molecular complexity index is 570. The second-order valence-electron chi connectivity index (χ2n) is 6.95. The molecule has 5 heteroatoms. The molecule has 1 aromatic carbocycles. The summed E-state index contributed by atoms with van der Waals surface area (Å²) < 4.78 is 17.2. The number of epoxide rings is 3. The van der Waals surface area contributed by atoms with Gasteiger partial charge in [0.1, 0.15) is 28.2 Å². The van der Waals surface area contributed by atoms with Gasteiger partial charge in [0, 0.05) is 5.56 Å². The topological polar surface area (TPSA) is 69.8 Å². The van der Waals surface area contributed by atoms with Gasteiger partial charge in [0.25, 0.3) is 0 Å². The third-order valence-electron chi connectivity index (χ3n) is 5.08. The van der Waals surface area contributed by atoms with Crippen LogP contribution in [0.1, 0.15) is 26.3 Å². The van der Waals surface area contributed by atoms with Crippen molar-refractivity contribution in [2.75, 3.05) is 19.8 Å². The van der Waals surface area contributed by atoms with E-state index in [0.717, 1.165) is 5.56 Å². The zero-order valence-electron chi connectivity index (χ0n) is 12.6. The van der Waals surface area contributed by atoms with Gasteiger partial charge in [-0.1, -0.05) is 18.2 Å². The Labute approximate surface area is 124 Å². The first-order valence-electron chi connectivity index (χ1n) is 7.34. The average molecular weight is 291 g/mol. The van der Waals surface area contributed by atoms with Gasteiger partial charge in [0.2, 0.25) is 0 Å². The molecule has 0 radical (unpaired) electrons. The van der Waals surface area contributed by atoms with E-state index in [1.165, 1.54) is 0 Å². The van der Waals surface area contributed by atoms with Crippen LogP contribution < -0.4 is 5.32 Å². The van der Waals surface area contributed by atoms with E-state index >= 15 is 0 Å². The minimum atomic E-state index is -0.642. The third-order valence-corrected chi connectivity index (χ3v) is 5.08. The molecule has 5 nitrogen and oxygen atoms in total. The number of hydrogen-bond donors (Lipinski definition) is 2. The number of ether oxygens (including phenoxy) is 3. The predicted octanol–water partition coefficient (Wildman–Crippen LogP) is 1.50. The lowest BCUT2D eigenvalue weighted by Crippen LogP contribution is -2.65. The van der Waals surface area contributed by atoms with E-state index in [4.69, 9.17) is 14.2 Å². The predicted molar refractivity (Wildman–Crippen MR) is 76.0 cm³/mol. The van der Waals surface area contributed by atoms with E-state index in [-0.39, 0.29) is 5.75 Å². The van der Waals surface area contributed by atoms with Crippen molar-refractivity contribution in [2.24, 2.45) is 0 Å². The van der Waals surface area contributed by atoms with Crippen LogP contribution >= 0.6 is 0 Å². The number of phenols is 1. The van der Waals surface area contributed by atoms with Crippen molar-refractivity contribution in [1.82, 2.24) is 5.32 Å². The second kappa shape index (κ2) is 3.79. The SMILES string of the molecule is CC1(NC(c2ccccc2O)(C2(C)CO2)C2(C)CO2)CO1. The van der Waals surface area contributed by atoms with Crippen molar-refractivity contribution in [1.29, 1.82) is 0 Å². The maximum absolute atomic E-state index is 10.5. The maximum Gasteiger partial charge on any atom is 0.141 e. The summed E-state index contributed by atoms with van der Waals surface area (Å²) in [5, 5.41) is 14.1. The standard InChI is InChI=1S/C16H21NO4/c1-13(8-19-13)16(14(2)9-20-14,17-15(3)10-21-15)11-6-4-5-7-12(11)18/h4-7,17-18H,8-10H2,1-3H3. The highest BCUT2D eigenvalue weighted by molar-refractivity contribution is 5.46. The van der Waals surface area contributed by atoms with Crippen molar-refractivity contribution in [2.45, 2.75) is 43.2 Å². The Hall–Kier alpha value is -1.14. The summed E-state index contributed by atoms with van der Waals surface area (Å²) in [5.41, 5.74) is -1.08. The number of para-hydroxylation sites is 1. The van der Waals surface area contributed by atoms with Crippen LogP contribution in [0.3, 0.4) is 0 Å². The van der Waals surface area contributed by atoms with Crippen LogP contribution in [0.5, 0.6) is 5.75 Å². The number of phenolic OH excluding ortho intramolecular Hbond substituents is 1. The first-order valence-corrected chi connectivity index (χ1v) is 7.34. The summed E-state index contributed by atoms with van der Waals surface area (Å²) in [7, 11) is 0. The smallest absolute Gasteiger partial charge is 0.141 e. The monoisotopic (exact) mass is 291 g/mol. The molecule has 0 aliphatic carbocycles. The minimum Gasteiger partial charge on any atom is -0.508 e. The van der Waals surface area contributed by atoms with Crippen LogP contribution in [-0.4, -0.2) is 41.9 Å². The van der Waals surface area contributed by atoms with Crippen LogP contribution in [0, 0.1) is 0 Å². The van der Waals surface area contributed by atoms with E-state index in [2.05, 4.69) is 19.2 Å². The molecule has 3 fully saturated rings. The fourth-order valence-corrected chi connectivity index (χ4v) is 3.48. The molecule has 3 heterocycles. The first kappa shape index (κ1) is 13.5. The minimum absolute atomic E-state index is 0.253. The molecule has 4 rings (SSSR count). The molecule has 3 aliphatic rings. The fraction of sp³-hybridized carbons (Fsp3) is 0.625. The molecule has 0 aromatic heterocycles. The van der Waals surface area contributed by atoms with E-state index in [9.17, 15) is 5.11 Å². The Balaban J connectivity index is 1.90. The number of nitrogens with one attached hydrogen (secondary N) is 1. The molecule has 3 unspecified atom stereocenters.